The Morgan fingerprint density at radius 3 is 2.50 bits per heavy atom. The van der Waals surface area contributed by atoms with E-state index in [2.05, 4.69) is 16.3 Å². The predicted molar refractivity (Wildman–Crippen MR) is 109 cm³/mol. The summed E-state index contributed by atoms with van der Waals surface area (Å²) in [4.78, 5) is 14.2. The molecule has 0 fully saturated rings. The minimum Gasteiger partial charge on any atom is -0.457 e. The molecule has 144 valence electrons. The van der Waals surface area contributed by atoms with E-state index in [0.29, 0.717) is 23.6 Å². The summed E-state index contributed by atoms with van der Waals surface area (Å²) < 4.78 is 19.4. The van der Waals surface area contributed by atoms with Gasteiger partial charge in [0.15, 0.2) is 0 Å². The summed E-state index contributed by atoms with van der Waals surface area (Å²) >= 11 is 0. The number of carbonyl (C=O) groups is 1. The third kappa shape index (κ3) is 5.18. The van der Waals surface area contributed by atoms with Gasteiger partial charge in [-0.2, -0.15) is 0 Å². The molecule has 1 amide bonds. The highest BCUT2D eigenvalue weighted by molar-refractivity contribution is 5.91. The van der Waals surface area contributed by atoms with Crippen molar-refractivity contribution in [2.24, 2.45) is 0 Å². The lowest BCUT2D eigenvalue weighted by molar-refractivity contribution is -0.116. The van der Waals surface area contributed by atoms with Crippen LogP contribution in [0.25, 0.3) is 17.4 Å². The molecule has 0 aliphatic rings. The molecule has 28 heavy (non-hydrogen) atoms. The third-order valence-corrected chi connectivity index (χ3v) is 4.22. The summed E-state index contributed by atoms with van der Waals surface area (Å²) in [5, 5.41) is 2.88. The van der Waals surface area contributed by atoms with Gasteiger partial charge in [-0.25, -0.2) is 4.39 Å². The minimum atomic E-state index is -0.346. The van der Waals surface area contributed by atoms with Gasteiger partial charge in [0.25, 0.3) is 0 Å². The van der Waals surface area contributed by atoms with Crippen LogP contribution in [0.2, 0.25) is 0 Å². The van der Waals surface area contributed by atoms with Gasteiger partial charge in [0.05, 0.1) is 5.56 Å². The fourth-order valence-electron chi connectivity index (χ4n) is 2.87. The van der Waals surface area contributed by atoms with Gasteiger partial charge in [-0.05, 0) is 55.6 Å². The minimum absolute atomic E-state index is 0.219. The Bertz CT molecular complexity index is 976. The number of carbonyl (C=O) groups excluding carboxylic acids is 1. The quantitative estimate of drug-likeness (QED) is 0.617. The van der Waals surface area contributed by atoms with Gasteiger partial charge in [0.1, 0.15) is 17.3 Å². The van der Waals surface area contributed by atoms with E-state index in [0.717, 1.165) is 12.1 Å². The molecule has 3 aromatic rings. The summed E-state index contributed by atoms with van der Waals surface area (Å²) in [5.74, 6) is 0.349. The SMILES string of the molecule is CN(C)Cc1ccccc1CNC(=O)/C=C/c1ccc(-c2ccccc2F)o1. The van der Waals surface area contributed by atoms with Crippen LogP contribution in [-0.2, 0) is 17.9 Å². The molecule has 4 nitrogen and oxygen atoms in total. The van der Waals surface area contributed by atoms with Gasteiger partial charge in [-0.3, -0.25) is 4.79 Å². The number of nitrogens with zero attached hydrogens (tertiary/aromatic N) is 1. The maximum Gasteiger partial charge on any atom is 0.244 e. The summed E-state index contributed by atoms with van der Waals surface area (Å²) in [7, 11) is 4.02. The monoisotopic (exact) mass is 378 g/mol. The lowest BCUT2D eigenvalue weighted by Crippen LogP contribution is -2.22. The first-order valence-corrected chi connectivity index (χ1v) is 9.05. The molecule has 0 aliphatic carbocycles. The van der Waals surface area contributed by atoms with Crippen LogP contribution in [0, 0.1) is 5.82 Å². The maximum atomic E-state index is 13.8. The molecule has 3 rings (SSSR count). The number of nitrogens with one attached hydrogen (secondary N) is 1. The van der Waals surface area contributed by atoms with Crippen molar-refractivity contribution in [3.63, 3.8) is 0 Å². The van der Waals surface area contributed by atoms with Gasteiger partial charge >= 0.3 is 0 Å². The van der Waals surface area contributed by atoms with Crippen LogP contribution in [0.5, 0.6) is 0 Å². The average Bonchev–Trinajstić information content (AvgIpc) is 3.14. The van der Waals surface area contributed by atoms with Crippen molar-refractivity contribution in [1.29, 1.82) is 0 Å². The molecule has 2 aromatic carbocycles. The van der Waals surface area contributed by atoms with Crippen LogP contribution in [0.15, 0.2) is 71.2 Å². The Kier molecular flexibility index (Phi) is 6.40. The van der Waals surface area contributed by atoms with E-state index in [-0.39, 0.29) is 11.7 Å². The molecule has 1 N–H and O–H groups in total. The molecule has 0 atom stereocenters. The summed E-state index contributed by atoms with van der Waals surface area (Å²) in [6, 6.07) is 17.8. The van der Waals surface area contributed by atoms with E-state index in [9.17, 15) is 9.18 Å². The Labute approximate surface area is 164 Å². The van der Waals surface area contributed by atoms with E-state index in [1.54, 1.807) is 36.4 Å². The zero-order valence-electron chi connectivity index (χ0n) is 16.0. The van der Waals surface area contributed by atoms with Crippen LogP contribution in [0.1, 0.15) is 16.9 Å². The zero-order chi connectivity index (χ0) is 19.9. The maximum absolute atomic E-state index is 13.8. The molecule has 0 unspecified atom stereocenters. The number of halogens is 1. The number of benzene rings is 2. The molecular weight excluding hydrogens is 355 g/mol. The van der Waals surface area contributed by atoms with Gasteiger partial charge in [0.2, 0.25) is 5.91 Å². The molecule has 0 spiro atoms. The van der Waals surface area contributed by atoms with Gasteiger partial charge in [-0.15, -0.1) is 0 Å². The number of rotatable bonds is 7. The average molecular weight is 378 g/mol. The van der Waals surface area contributed by atoms with Crippen molar-refractivity contribution >= 4 is 12.0 Å². The molecule has 1 heterocycles. The van der Waals surface area contributed by atoms with Crippen LogP contribution in [0.4, 0.5) is 4.39 Å². The standard InChI is InChI=1S/C23H23FN2O2/c1-26(2)16-18-8-4-3-7-17(18)15-25-23(27)14-12-19-11-13-22(28-19)20-9-5-6-10-21(20)24/h3-14H,15-16H2,1-2H3,(H,25,27)/b14-12+. The van der Waals surface area contributed by atoms with Crippen LogP contribution >= 0.6 is 0 Å². The van der Waals surface area contributed by atoms with Crippen LogP contribution in [-0.4, -0.2) is 24.9 Å². The van der Waals surface area contributed by atoms with E-state index < -0.39 is 0 Å². The molecule has 0 radical (unpaired) electrons. The Morgan fingerprint density at radius 2 is 1.75 bits per heavy atom. The van der Waals surface area contributed by atoms with Gasteiger partial charge < -0.3 is 14.6 Å². The van der Waals surface area contributed by atoms with Crippen molar-refractivity contribution in [3.8, 4) is 11.3 Å². The van der Waals surface area contributed by atoms with E-state index in [1.165, 1.54) is 17.7 Å². The third-order valence-electron chi connectivity index (χ3n) is 4.22. The molecular formula is C23H23FN2O2. The highest BCUT2D eigenvalue weighted by Crippen LogP contribution is 2.25. The lowest BCUT2D eigenvalue weighted by Gasteiger charge is -2.14. The Balaban J connectivity index is 1.60. The van der Waals surface area contributed by atoms with E-state index >= 15 is 0 Å². The van der Waals surface area contributed by atoms with Crippen molar-refractivity contribution in [2.75, 3.05) is 14.1 Å². The lowest BCUT2D eigenvalue weighted by atomic mass is 10.1. The fourth-order valence-corrected chi connectivity index (χ4v) is 2.87. The van der Waals surface area contributed by atoms with Crippen LogP contribution < -0.4 is 5.32 Å². The second kappa shape index (κ2) is 9.15. The first kappa shape index (κ1) is 19.6. The molecule has 0 saturated carbocycles. The molecule has 5 heteroatoms. The van der Waals surface area contributed by atoms with E-state index in [4.69, 9.17) is 4.42 Å². The van der Waals surface area contributed by atoms with Crippen molar-refractivity contribution in [3.05, 3.63) is 89.4 Å². The summed E-state index contributed by atoms with van der Waals surface area (Å²) in [6.45, 7) is 1.26. The number of hydrogen-bond donors (Lipinski definition) is 1. The molecule has 0 bridgehead atoms. The predicted octanol–water partition coefficient (Wildman–Crippen LogP) is 4.48. The highest BCUT2D eigenvalue weighted by atomic mass is 19.1. The summed E-state index contributed by atoms with van der Waals surface area (Å²) in [5.41, 5.74) is 2.65. The number of hydrogen-bond acceptors (Lipinski definition) is 3. The molecule has 0 aliphatic heterocycles. The van der Waals surface area contributed by atoms with Crippen LogP contribution in [0.3, 0.4) is 0 Å². The van der Waals surface area contributed by atoms with E-state index in [1.807, 2.05) is 32.3 Å². The Morgan fingerprint density at radius 1 is 1.04 bits per heavy atom. The topological polar surface area (TPSA) is 45.5 Å². The first-order chi connectivity index (χ1) is 13.5. The second-order valence-electron chi connectivity index (χ2n) is 6.74. The van der Waals surface area contributed by atoms with Crippen molar-refractivity contribution < 1.29 is 13.6 Å². The Hall–Kier alpha value is -3.18. The summed E-state index contributed by atoms with van der Waals surface area (Å²) in [6.07, 6.45) is 2.99. The normalized spacial score (nSPS) is 11.3. The second-order valence-corrected chi connectivity index (χ2v) is 6.74. The highest BCUT2D eigenvalue weighted by Gasteiger charge is 2.08. The van der Waals surface area contributed by atoms with Gasteiger partial charge in [0, 0.05) is 19.2 Å². The first-order valence-electron chi connectivity index (χ1n) is 9.05. The largest absolute Gasteiger partial charge is 0.457 e. The smallest absolute Gasteiger partial charge is 0.244 e. The number of amides is 1. The molecule has 0 saturated heterocycles. The zero-order valence-corrected chi connectivity index (χ0v) is 16.0. The van der Waals surface area contributed by atoms with Crippen molar-refractivity contribution in [2.45, 2.75) is 13.1 Å². The fraction of sp³-hybridized carbons (Fsp3) is 0.174. The molecule has 1 aromatic heterocycles. The van der Waals surface area contributed by atoms with Gasteiger partial charge in [-0.1, -0.05) is 36.4 Å². The van der Waals surface area contributed by atoms with Crippen molar-refractivity contribution in [1.82, 2.24) is 10.2 Å². The number of furan rings is 1.